The van der Waals surface area contributed by atoms with E-state index in [-0.39, 0.29) is 11.4 Å². The summed E-state index contributed by atoms with van der Waals surface area (Å²) in [6, 6.07) is 0. The number of nitrogens with one attached hydrogen (secondary N) is 3. The highest BCUT2D eigenvalue weighted by Crippen LogP contribution is 2.26. The van der Waals surface area contributed by atoms with Gasteiger partial charge in [-0.1, -0.05) is 48.2 Å². The molecule has 1 aliphatic heterocycles. The predicted molar refractivity (Wildman–Crippen MR) is 92.1 cm³/mol. The zero-order valence-corrected chi connectivity index (χ0v) is 13.9. The highest BCUT2D eigenvalue weighted by Gasteiger charge is 2.18. The van der Waals surface area contributed by atoms with E-state index in [9.17, 15) is 9.59 Å². The van der Waals surface area contributed by atoms with Crippen LogP contribution in [0.15, 0.2) is 59.2 Å². The maximum atomic E-state index is 10.9. The fourth-order valence-corrected chi connectivity index (χ4v) is 2.65. The number of carbonyl (C=O) groups excluding carboxylic acids is 2. The molecule has 0 saturated carbocycles. The summed E-state index contributed by atoms with van der Waals surface area (Å²) in [5, 5.41) is 16.0. The summed E-state index contributed by atoms with van der Waals surface area (Å²) in [5.74, 6) is -0.517. The van der Waals surface area contributed by atoms with Crippen LogP contribution in [0.2, 0.25) is 0 Å². The van der Waals surface area contributed by atoms with Gasteiger partial charge in [-0.25, -0.2) is 5.48 Å². The Labute approximate surface area is 140 Å². The Morgan fingerprint density at radius 2 is 2.17 bits per heavy atom. The molecule has 124 valence electrons. The third-order valence-corrected chi connectivity index (χ3v) is 3.59. The molecule has 0 fully saturated rings. The lowest BCUT2D eigenvalue weighted by Crippen LogP contribution is -2.38. The Kier molecular flexibility index (Phi) is 8.56. The summed E-state index contributed by atoms with van der Waals surface area (Å²) in [6.45, 7) is 3.21. The molecule has 0 bridgehead atoms. The molecule has 0 radical (unpaired) electrons. The molecular formula is C16H21N3O3S. The molecule has 1 aliphatic carbocycles. The second kappa shape index (κ2) is 10.5. The van der Waals surface area contributed by atoms with Crippen molar-refractivity contribution in [2.75, 3.05) is 0 Å². The van der Waals surface area contributed by atoms with Crippen LogP contribution in [0.5, 0.6) is 0 Å². The summed E-state index contributed by atoms with van der Waals surface area (Å²) in [6.07, 6.45) is 14.0. The maximum absolute atomic E-state index is 10.9. The molecule has 2 aliphatic rings. The van der Waals surface area contributed by atoms with Crippen LogP contribution in [-0.2, 0) is 9.59 Å². The van der Waals surface area contributed by atoms with Gasteiger partial charge in [0.05, 0.1) is 0 Å². The maximum Gasteiger partial charge on any atom is 0.267 e. The van der Waals surface area contributed by atoms with Gasteiger partial charge >= 0.3 is 0 Å². The van der Waals surface area contributed by atoms with Gasteiger partial charge in [0.25, 0.3) is 5.91 Å². The lowest BCUT2D eigenvalue weighted by molar-refractivity contribution is -0.124. The van der Waals surface area contributed by atoms with Crippen molar-refractivity contribution in [3.63, 3.8) is 0 Å². The van der Waals surface area contributed by atoms with E-state index >= 15 is 0 Å². The summed E-state index contributed by atoms with van der Waals surface area (Å²) in [4.78, 5) is 20.9. The van der Waals surface area contributed by atoms with Crippen molar-refractivity contribution in [1.82, 2.24) is 16.1 Å². The second-order valence-corrected chi connectivity index (χ2v) is 5.56. The molecule has 23 heavy (non-hydrogen) atoms. The van der Waals surface area contributed by atoms with E-state index in [4.69, 9.17) is 5.21 Å². The van der Waals surface area contributed by atoms with Crippen LogP contribution in [0.4, 0.5) is 0 Å². The molecule has 7 heteroatoms. The van der Waals surface area contributed by atoms with Crippen molar-refractivity contribution in [2.24, 2.45) is 0 Å². The minimum absolute atomic E-state index is 0.0192. The summed E-state index contributed by atoms with van der Waals surface area (Å²) < 4.78 is 0. The van der Waals surface area contributed by atoms with E-state index < -0.39 is 5.91 Å². The van der Waals surface area contributed by atoms with E-state index in [1.807, 2.05) is 18.2 Å². The highest BCUT2D eigenvalue weighted by atomic mass is 32.2. The lowest BCUT2D eigenvalue weighted by atomic mass is 10.1. The molecule has 0 saturated heterocycles. The molecule has 1 unspecified atom stereocenters. The first-order valence-electron chi connectivity index (χ1n) is 7.05. The zero-order valence-electron chi connectivity index (χ0n) is 13.1. The van der Waals surface area contributed by atoms with Gasteiger partial charge in [-0.2, -0.15) is 0 Å². The van der Waals surface area contributed by atoms with Crippen molar-refractivity contribution >= 4 is 23.6 Å². The normalized spacial score (nSPS) is 19.0. The number of thioether (sulfide) groups is 1. The fourth-order valence-electron chi connectivity index (χ4n) is 1.73. The van der Waals surface area contributed by atoms with Crippen LogP contribution in [0.1, 0.15) is 20.3 Å². The molecule has 2 rings (SSSR count). The van der Waals surface area contributed by atoms with Gasteiger partial charge in [0.15, 0.2) is 5.50 Å². The smallest absolute Gasteiger partial charge is 0.267 e. The Hall–Kier alpha value is -2.25. The molecule has 1 atom stereocenters. The largest absolute Gasteiger partial charge is 0.356 e. The number of amides is 2. The van der Waals surface area contributed by atoms with Crippen molar-refractivity contribution in [1.29, 1.82) is 0 Å². The third-order valence-electron chi connectivity index (χ3n) is 2.71. The molecule has 4 N–H and O–H groups in total. The SMILES string of the molecule is C/C=C/C(=O)NO.CC(=O)NC1NC(C2=CC=CC=CC2)=CS1. The van der Waals surface area contributed by atoms with Crippen molar-refractivity contribution in [3.05, 3.63) is 59.2 Å². The molecule has 0 aromatic heterocycles. The monoisotopic (exact) mass is 335 g/mol. The van der Waals surface area contributed by atoms with Gasteiger partial charge < -0.3 is 10.6 Å². The molecule has 2 amide bonds. The second-order valence-electron chi connectivity index (χ2n) is 4.58. The van der Waals surface area contributed by atoms with Crippen molar-refractivity contribution < 1.29 is 14.8 Å². The topological polar surface area (TPSA) is 90.5 Å². The van der Waals surface area contributed by atoms with E-state index in [0.717, 1.165) is 12.1 Å². The minimum Gasteiger partial charge on any atom is -0.356 e. The zero-order chi connectivity index (χ0) is 17.1. The number of carbonyl (C=O) groups is 2. The molecular weight excluding hydrogens is 314 g/mol. The molecule has 0 aromatic carbocycles. The van der Waals surface area contributed by atoms with Crippen molar-refractivity contribution in [2.45, 2.75) is 25.8 Å². The Balaban J connectivity index is 0.000000322. The molecule has 1 heterocycles. The minimum atomic E-state index is -0.498. The molecule has 0 spiro atoms. The van der Waals surface area contributed by atoms with Crippen LogP contribution < -0.4 is 16.1 Å². The average Bonchev–Trinajstić information content (AvgIpc) is 2.81. The number of rotatable bonds is 3. The van der Waals surface area contributed by atoms with E-state index in [1.165, 1.54) is 30.1 Å². The third kappa shape index (κ3) is 7.53. The van der Waals surface area contributed by atoms with Gasteiger partial charge in [-0.3, -0.25) is 14.8 Å². The first kappa shape index (κ1) is 18.8. The quantitative estimate of drug-likeness (QED) is 0.360. The van der Waals surface area contributed by atoms with E-state index in [0.29, 0.717) is 0 Å². The highest BCUT2D eigenvalue weighted by molar-refractivity contribution is 8.02. The van der Waals surface area contributed by atoms with Gasteiger partial charge in [0.1, 0.15) is 0 Å². The fraction of sp³-hybridized carbons (Fsp3) is 0.250. The first-order chi connectivity index (χ1) is 11.1. The number of allylic oxidation sites excluding steroid dienone is 7. The first-order valence-corrected chi connectivity index (χ1v) is 8.00. The van der Waals surface area contributed by atoms with Gasteiger partial charge in [-0.05, 0) is 24.3 Å². The number of hydroxylamine groups is 1. The lowest BCUT2D eigenvalue weighted by Gasteiger charge is -2.14. The summed E-state index contributed by atoms with van der Waals surface area (Å²) in [7, 11) is 0. The van der Waals surface area contributed by atoms with Gasteiger partial charge in [0.2, 0.25) is 5.91 Å². The molecule has 6 nitrogen and oxygen atoms in total. The van der Waals surface area contributed by atoms with Crippen LogP contribution in [-0.4, -0.2) is 22.5 Å². The Bertz CT molecular complexity index is 577. The van der Waals surface area contributed by atoms with Crippen LogP contribution in [0, 0.1) is 0 Å². The number of hydrogen-bond donors (Lipinski definition) is 4. The van der Waals surface area contributed by atoms with Crippen LogP contribution in [0.25, 0.3) is 0 Å². The van der Waals surface area contributed by atoms with Crippen molar-refractivity contribution in [3.8, 4) is 0 Å². The van der Waals surface area contributed by atoms with Crippen LogP contribution >= 0.6 is 11.8 Å². The summed E-state index contributed by atoms with van der Waals surface area (Å²) >= 11 is 1.59. The van der Waals surface area contributed by atoms with Gasteiger partial charge in [0, 0.05) is 18.7 Å². The van der Waals surface area contributed by atoms with Gasteiger partial charge in [-0.15, -0.1) is 0 Å². The Morgan fingerprint density at radius 1 is 1.39 bits per heavy atom. The Morgan fingerprint density at radius 3 is 2.78 bits per heavy atom. The number of hydrogen-bond acceptors (Lipinski definition) is 5. The van der Waals surface area contributed by atoms with E-state index in [1.54, 1.807) is 18.7 Å². The summed E-state index contributed by atoms with van der Waals surface area (Å²) in [5.41, 5.74) is 3.74. The average molecular weight is 335 g/mol. The van der Waals surface area contributed by atoms with E-state index in [2.05, 4.69) is 28.2 Å². The standard InChI is InChI=1S/C12H14N2OS.C4H7NO2/c1-9(15)13-12-14-11(8-16-12)10-6-4-2-3-5-7-10;1-2-3-4(6)5-7/h2-6,8,12,14H,7H2,1H3,(H,13,15);2-3,7H,1H3,(H,5,6)/b;3-2+. The molecule has 0 aromatic rings. The van der Waals surface area contributed by atoms with Crippen LogP contribution in [0.3, 0.4) is 0 Å². The predicted octanol–water partition coefficient (Wildman–Crippen LogP) is 2.09.